The number of hydrogen-bond acceptors (Lipinski definition) is 5. The molecule has 30 heavy (non-hydrogen) atoms. The molecule has 1 aliphatic rings. The van der Waals surface area contributed by atoms with Crippen molar-refractivity contribution in [3.63, 3.8) is 0 Å². The highest BCUT2D eigenvalue weighted by Gasteiger charge is 2.29. The topological polar surface area (TPSA) is 69.0 Å². The molecule has 5 rings (SSSR count). The lowest BCUT2D eigenvalue weighted by molar-refractivity contribution is 0.414. The van der Waals surface area contributed by atoms with Crippen LogP contribution in [0.1, 0.15) is 17.3 Å². The van der Waals surface area contributed by atoms with Crippen molar-refractivity contribution in [2.75, 3.05) is 12.4 Å². The molecule has 0 saturated heterocycles. The first-order chi connectivity index (χ1) is 14.7. The minimum absolute atomic E-state index is 0.310. The van der Waals surface area contributed by atoms with E-state index in [2.05, 4.69) is 10.3 Å². The summed E-state index contributed by atoms with van der Waals surface area (Å²) in [6.07, 6.45) is -0.310. The summed E-state index contributed by atoms with van der Waals surface area (Å²) in [4.78, 5) is 17.4. The molecule has 3 aromatic carbocycles. The van der Waals surface area contributed by atoms with Crippen LogP contribution in [-0.4, -0.2) is 21.9 Å². The number of methoxy groups -OCH3 is 1. The minimum Gasteiger partial charge on any atom is -0.497 e. The van der Waals surface area contributed by atoms with Gasteiger partial charge in [-0.3, -0.25) is 4.79 Å². The molecule has 1 N–H and O–H groups in total. The summed E-state index contributed by atoms with van der Waals surface area (Å²) in [6, 6.07) is 23.2. The number of anilines is 1. The Morgan fingerprint density at radius 1 is 0.967 bits per heavy atom. The van der Waals surface area contributed by atoms with Gasteiger partial charge >= 0.3 is 0 Å². The first kappa shape index (κ1) is 18.1. The van der Waals surface area contributed by atoms with Gasteiger partial charge in [0.2, 0.25) is 0 Å². The third-order valence-electron chi connectivity index (χ3n) is 5.35. The van der Waals surface area contributed by atoms with Crippen molar-refractivity contribution < 1.29 is 4.74 Å². The molecule has 1 aromatic heterocycles. The lowest BCUT2D eigenvalue weighted by Gasteiger charge is -2.31. The molecule has 0 unspecified atom stereocenters. The molecule has 0 radical (unpaired) electrons. The van der Waals surface area contributed by atoms with Gasteiger partial charge in [-0.2, -0.15) is 10.1 Å². The van der Waals surface area contributed by atoms with Gasteiger partial charge in [-0.25, -0.2) is 4.68 Å². The molecule has 1 aliphatic heterocycles. The smallest absolute Gasteiger partial charge is 0.300 e. The second-order valence-electron chi connectivity index (χ2n) is 7.22. The SMILES string of the molecule is COc1ccc([C@H]2Nc3c(C)cccc3-c3nc(=O)c(-c4ccccc4)nn32)cc1. The number of aromatic nitrogens is 3. The number of ether oxygens (including phenoxy) is 1. The average molecular weight is 396 g/mol. The minimum atomic E-state index is -0.338. The number of aryl methyl sites for hydroxylation is 1. The molecule has 2 heterocycles. The molecule has 148 valence electrons. The molecule has 0 fully saturated rings. The van der Waals surface area contributed by atoms with Crippen LogP contribution in [0, 0.1) is 6.92 Å². The van der Waals surface area contributed by atoms with Crippen molar-refractivity contribution in [1.29, 1.82) is 0 Å². The number of nitrogens with zero attached hydrogens (tertiary/aromatic N) is 3. The zero-order chi connectivity index (χ0) is 20.7. The van der Waals surface area contributed by atoms with E-state index in [9.17, 15) is 4.79 Å². The number of benzene rings is 3. The maximum Gasteiger partial charge on any atom is 0.300 e. The van der Waals surface area contributed by atoms with E-state index in [4.69, 9.17) is 9.84 Å². The Balaban J connectivity index is 1.75. The van der Waals surface area contributed by atoms with Crippen LogP contribution in [0.5, 0.6) is 5.75 Å². The summed E-state index contributed by atoms with van der Waals surface area (Å²) in [5, 5.41) is 8.35. The van der Waals surface area contributed by atoms with E-state index in [1.807, 2.05) is 79.7 Å². The summed E-state index contributed by atoms with van der Waals surface area (Å²) in [7, 11) is 1.64. The highest BCUT2D eigenvalue weighted by Crippen LogP contribution is 2.38. The van der Waals surface area contributed by atoms with E-state index < -0.39 is 0 Å². The largest absolute Gasteiger partial charge is 0.497 e. The lowest BCUT2D eigenvalue weighted by atomic mass is 10.0. The monoisotopic (exact) mass is 396 g/mol. The fraction of sp³-hybridized carbons (Fsp3) is 0.125. The third kappa shape index (κ3) is 2.93. The molecule has 6 nitrogen and oxygen atoms in total. The van der Waals surface area contributed by atoms with Crippen molar-refractivity contribution in [2.45, 2.75) is 13.1 Å². The Hall–Kier alpha value is -3.93. The number of fused-ring (bicyclic) bond motifs is 3. The number of nitrogens with one attached hydrogen (secondary N) is 1. The van der Waals surface area contributed by atoms with Gasteiger partial charge in [-0.15, -0.1) is 0 Å². The van der Waals surface area contributed by atoms with Gasteiger partial charge < -0.3 is 10.1 Å². The van der Waals surface area contributed by atoms with E-state index >= 15 is 0 Å². The lowest BCUT2D eigenvalue weighted by Crippen LogP contribution is -2.32. The highest BCUT2D eigenvalue weighted by atomic mass is 16.5. The standard InChI is InChI=1S/C24H20N4O2/c1-15-7-6-10-19-20(15)25-22(17-11-13-18(30-2)14-12-17)28-23(19)26-24(29)21(27-28)16-8-4-3-5-9-16/h3-14,22,25H,1-2H3/t22-/m0/s1. The van der Waals surface area contributed by atoms with E-state index in [-0.39, 0.29) is 11.7 Å². The van der Waals surface area contributed by atoms with Crippen LogP contribution in [0.25, 0.3) is 22.6 Å². The second-order valence-corrected chi connectivity index (χ2v) is 7.22. The first-order valence-corrected chi connectivity index (χ1v) is 9.72. The Labute approximate surface area is 173 Å². The fourth-order valence-electron chi connectivity index (χ4n) is 3.79. The first-order valence-electron chi connectivity index (χ1n) is 9.72. The predicted octanol–water partition coefficient (Wildman–Crippen LogP) is 4.26. The van der Waals surface area contributed by atoms with Crippen LogP contribution < -0.4 is 15.6 Å². The van der Waals surface area contributed by atoms with Gasteiger partial charge in [0.1, 0.15) is 11.9 Å². The summed E-state index contributed by atoms with van der Waals surface area (Å²) in [5.41, 5.74) is 4.63. The van der Waals surface area contributed by atoms with Crippen LogP contribution in [0.2, 0.25) is 0 Å². The van der Waals surface area contributed by atoms with Crippen molar-refractivity contribution in [3.8, 4) is 28.4 Å². The zero-order valence-electron chi connectivity index (χ0n) is 16.7. The van der Waals surface area contributed by atoms with Gasteiger partial charge in [-0.1, -0.05) is 54.6 Å². The van der Waals surface area contributed by atoms with Gasteiger partial charge in [-0.05, 0) is 36.2 Å². The van der Waals surface area contributed by atoms with Crippen molar-refractivity contribution in [3.05, 3.63) is 94.3 Å². The molecular formula is C24H20N4O2. The molecule has 0 spiro atoms. The van der Waals surface area contributed by atoms with E-state index in [1.165, 1.54) is 0 Å². The third-order valence-corrected chi connectivity index (χ3v) is 5.35. The highest BCUT2D eigenvalue weighted by molar-refractivity contribution is 5.79. The molecule has 1 atom stereocenters. The molecular weight excluding hydrogens is 376 g/mol. The van der Waals surface area contributed by atoms with Crippen LogP contribution in [0.3, 0.4) is 0 Å². The Bertz CT molecular complexity index is 1280. The number of rotatable bonds is 3. The summed E-state index contributed by atoms with van der Waals surface area (Å²) in [5.74, 6) is 1.33. The Kier molecular flexibility index (Phi) is 4.32. The summed E-state index contributed by atoms with van der Waals surface area (Å²) in [6.45, 7) is 2.04. The second kappa shape index (κ2) is 7.15. The van der Waals surface area contributed by atoms with Gasteiger partial charge in [0.15, 0.2) is 11.5 Å². The maximum absolute atomic E-state index is 12.9. The molecule has 0 saturated carbocycles. The van der Waals surface area contributed by atoms with Crippen molar-refractivity contribution in [2.24, 2.45) is 0 Å². The maximum atomic E-state index is 12.9. The Morgan fingerprint density at radius 3 is 2.47 bits per heavy atom. The quantitative estimate of drug-likeness (QED) is 0.560. The van der Waals surface area contributed by atoms with Gasteiger partial charge in [0, 0.05) is 11.1 Å². The van der Waals surface area contributed by atoms with E-state index in [0.29, 0.717) is 11.5 Å². The predicted molar refractivity (Wildman–Crippen MR) is 117 cm³/mol. The molecule has 6 heteroatoms. The molecule has 4 aromatic rings. The van der Waals surface area contributed by atoms with Gasteiger partial charge in [0.05, 0.1) is 12.8 Å². The van der Waals surface area contributed by atoms with Crippen LogP contribution in [0.15, 0.2) is 77.6 Å². The van der Waals surface area contributed by atoms with Crippen LogP contribution >= 0.6 is 0 Å². The average Bonchev–Trinajstić information content (AvgIpc) is 2.79. The summed E-state index contributed by atoms with van der Waals surface area (Å²) < 4.78 is 7.10. The normalized spacial score (nSPS) is 14.4. The van der Waals surface area contributed by atoms with Crippen LogP contribution in [0.4, 0.5) is 5.69 Å². The van der Waals surface area contributed by atoms with Crippen LogP contribution in [-0.2, 0) is 0 Å². The number of hydrogen-bond donors (Lipinski definition) is 1. The summed E-state index contributed by atoms with van der Waals surface area (Å²) >= 11 is 0. The van der Waals surface area contributed by atoms with Crippen molar-refractivity contribution in [1.82, 2.24) is 14.8 Å². The Morgan fingerprint density at radius 2 is 1.73 bits per heavy atom. The van der Waals surface area contributed by atoms with E-state index in [1.54, 1.807) is 11.8 Å². The molecule has 0 amide bonds. The fourth-order valence-corrected chi connectivity index (χ4v) is 3.79. The van der Waals surface area contributed by atoms with Crippen molar-refractivity contribution >= 4 is 5.69 Å². The molecule has 0 aliphatic carbocycles. The van der Waals surface area contributed by atoms with Gasteiger partial charge in [0.25, 0.3) is 5.56 Å². The molecule has 0 bridgehead atoms. The number of para-hydroxylation sites is 1. The zero-order valence-corrected chi connectivity index (χ0v) is 16.7. The van der Waals surface area contributed by atoms with E-state index in [0.717, 1.165) is 33.7 Å².